The van der Waals surface area contributed by atoms with Gasteiger partial charge in [0.15, 0.2) is 11.5 Å². The number of fused-ring (bicyclic) bond motifs is 1. The quantitative estimate of drug-likeness (QED) is 0.230. The molecule has 5 rings (SSSR count). The maximum absolute atomic E-state index is 9.38. The lowest BCUT2D eigenvalue weighted by atomic mass is 9.96. The van der Waals surface area contributed by atoms with Crippen molar-refractivity contribution in [3.05, 3.63) is 106 Å². The van der Waals surface area contributed by atoms with Crippen LogP contribution >= 0.6 is 11.6 Å². The van der Waals surface area contributed by atoms with Crippen LogP contribution in [0.4, 0.5) is 0 Å². The highest BCUT2D eigenvalue weighted by Gasteiger charge is 2.16. The summed E-state index contributed by atoms with van der Waals surface area (Å²) in [6.45, 7) is 3.75. The third-order valence-corrected chi connectivity index (χ3v) is 6.88. The second-order valence-corrected chi connectivity index (χ2v) is 9.43. The smallest absolute Gasteiger partial charge is 0.161 e. The number of nitriles is 1. The highest BCUT2D eigenvalue weighted by molar-refractivity contribution is 6.32. The Balaban J connectivity index is 1.36. The largest absolute Gasteiger partial charge is 0.488 e. The van der Waals surface area contributed by atoms with Crippen LogP contribution in [-0.4, -0.2) is 18.4 Å². The normalized spacial score (nSPS) is 12.1. The Morgan fingerprint density at radius 2 is 1.62 bits per heavy atom. The van der Waals surface area contributed by atoms with Crippen molar-refractivity contribution in [1.29, 1.82) is 5.26 Å². The van der Waals surface area contributed by atoms with Gasteiger partial charge in [-0.25, -0.2) is 5.48 Å². The van der Waals surface area contributed by atoms with E-state index in [1.165, 1.54) is 0 Å². The summed E-state index contributed by atoms with van der Waals surface area (Å²) in [4.78, 5) is 0. The van der Waals surface area contributed by atoms with Crippen LogP contribution in [0.3, 0.4) is 0 Å². The summed E-state index contributed by atoms with van der Waals surface area (Å²) in [5.41, 5.74) is 8.29. The van der Waals surface area contributed by atoms with Crippen LogP contribution in [0.1, 0.15) is 27.8 Å². The molecular formula is C31H27ClN2O5. The molecule has 1 aliphatic rings. The maximum atomic E-state index is 9.38. The molecule has 8 heteroatoms. The van der Waals surface area contributed by atoms with Crippen LogP contribution in [0.15, 0.2) is 72.8 Å². The Kier molecular flexibility index (Phi) is 8.18. The molecule has 1 aliphatic heterocycles. The standard InChI is InChI=1S/C31H27ClN2O5/c1-20-23(7-4-8-26(20)21-9-10-28-31(14-21)37-12-11-36-28)18-39-30-15-29(25(17-34-35)13-27(30)32)38-19-24-6-3-2-5-22(24)16-33/h2-10,13-15,34-35H,11-12,17-19H2,1H3. The Labute approximate surface area is 232 Å². The molecule has 0 atom stereocenters. The van der Waals surface area contributed by atoms with E-state index in [-0.39, 0.29) is 19.8 Å². The van der Waals surface area contributed by atoms with Gasteiger partial charge in [-0.3, -0.25) is 0 Å². The molecule has 0 saturated carbocycles. The lowest BCUT2D eigenvalue weighted by molar-refractivity contribution is 0.159. The molecule has 0 radical (unpaired) electrons. The fourth-order valence-electron chi connectivity index (χ4n) is 4.47. The minimum atomic E-state index is 0.131. The number of hydroxylamine groups is 1. The van der Waals surface area contributed by atoms with Gasteiger partial charge in [0.05, 0.1) is 16.7 Å². The van der Waals surface area contributed by atoms with Crippen molar-refractivity contribution in [2.45, 2.75) is 26.7 Å². The first-order valence-electron chi connectivity index (χ1n) is 12.5. The van der Waals surface area contributed by atoms with Gasteiger partial charge in [0.2, 0.25) is 0 Å². The van der Waals surface area contributed by atoms with Gasteiger partial charge >= 0.3 is 0 Å². The molecular weight excluding hydrogens is 516 g/mol. The SMILES string of the molecule is Cc1c(COc2cc(OCc3ccccc3C#N)c(CNO)cc2Cl)cccc1-c1ccc2c(c1)OCCO2. The highest BCUT2D eigenvalue weighted by atomic mass is 35.5. The van der Waals surface area contributed by atoms with Gasteiger partial charge in [0.25, 0.3) is 0 Å². The van der Waals surface area contributed by atoms with Crippen LogP contribution in [-0.2, 0) is 19.8 Å². The number of ether oxygens (including phenoxy) is 4. The molecule has 7 nitrogen and oxygen atoms in total. The third kappa shape index (κ3) is 5.94. The van der Waals surface area contributed by atoms with Gasteiger partial charge < -0.3 is 24.2 Å². The predicted octanol–water partition coefficient (Wildman–Crippen LogP) is 6.60. The number of nitrogens with one attached hydrogen (secondary N) is 1. The number of rotatable bonds is 9. The molecule has 198 valence electrons. The molecule has 0 saturated heterocycles. The molecule has 4 aromatic rings. The predicted molar refractivity (Wildman–Crippen MR) is 148 cm³/mol. The van der Waals surface area contributed by atoms with E-state index in [0.29, 0.717) is 40.9 Å². The van der Waals surface area contributed by atoms with Gasteiger partial charge in [-0.2, -0.15) is 5.26 Å². The topological polar surface area (TPSA) is 93.0 Å². The van der Waals surface area contributed by atoms with E-state index >= 15 is 0 Å². The fourth-order valence-corrected chi connectivity index (χ4v) is 4.71. The summed E-state index contributed by atoms with van der Waals surface area (Å²) in [6.07, 6.45) is 0. The second kappa shape index (κ2) is 12.1. The minimum Gasteiger partial charge on any atom is -0.488 e. The number of nitrogens with zero attached hydrogens (tertiary/aromatic N) is 1. The zero-order valence-electron chi connectivity index (χ0n) is 21.4. The van der Waals surface area contributed by atoms with Gasteiger partial charge in [-0.15, -0.1) is 0 Å². The summed E-state index contributed by atoms with van der Waals surface area (Å²) in [5.74, 6) is 2.44. The van der Waals surface area contributed by atoms with Gasteiger partial charge in [-0.1, -0.05) is 54.1 Å². The molecule has 39 heavy (non-hydrogen) atoms. The van der Waals surface area contributed by atoms with Crippen molar-refractivity contribution < 1.29 is 24.2 Å². The second-order valence-electron chi connectivity index (χ2n) is 9.02. The van der Waals surface area contributed by atoms with E-state index in [2.05, 4.69) is 24.5 Å². The fraction of sp³-hybridized carbons (Fsp3) is 0.194. The molecule has 0 aromatic heterocycles. The monoisotopic (exact) mass is 542 g/mol. The number of halogens is 1. The van der Waals surface area contributed by atoms with Crippen molar-refractivity contribution in [3.63, 3.8) is 0 Å². The van der Waals surface area contributed by atoms with Gasteiger partial charge in [0.1, 0.15) is 37.9 Å². The first kappa shape index (κ1) is 26.4. The summed E-state index contributed by atoms with van der Waals surface area (Å²) < 4.78 is 23.6. The summed E-state index contributed by atoms with van der Waals surface area (Å²) in [7, 11) is 0. The molecule has 0 amide bonds. The molecule has 0 bridgehead atoms. The zero-order chi connectivity index (χ0) is 27.2. The van der Waals surface area contributed by atoms with Gasteiger partial charge in [-0.05, 0) is 53.4 Å². The third-order valence-electron chi connectivity index (χ3n) is 6.59. The van der Waals surface area contributed by atoms with E-state index in [4.69, 9.17) is 30.5 Å². The summed E-state index contributed by atoms with van der Waals surface area (Å²) in [6, 6.07) is 24.9. The van der Waals surface area contributed by atoms with E-state index < -0.39 is 0 Å². The van der Waals surface area contributed by atoms with Gasteiger partial charge in [0, 0.05) is 23.7 Å². The van der Waals surface area contributed by atoms with Crippen LogP contribution in [0.5, 0.6) is 23.0 Å². The van der Waals surface area contributed by atoms with Crippen molar-refractivity contribution in [2.75, 3.05) is 13.2 Å². The van der Waals surface area contributed by atoms with E-state index in [1.807, 2.05) is 48.5 Å². The van der Waals surface area contributed by atoms with E-state index in [0.717, 1.165) is 39.3 Å². The Hall–Kier alpha value is -4.22. The Morgan fingerprint density at radius 3 is 2.44 bits per heavy atom. The minimum absolute atomic E-state index is 0.131. The van der Waals surface area contributed by atoms with Crippen molar-refractivity contribution in [1.82, 2.24) is 5.48 Å². The molecule has 4 aromatic carbocycles. The number of hydrogen-bond acceptors (Lipinski definition) is 7. The molecule has 1 heterocycles. The van der Waals surface area contributed by atoms with Crippen molar-refractivity contribution in [2.24, 2.45) is 0 Å². The lowest BCUT2D eigenvalue weighted by Gasteiger charge is -2.20. The average molecular weight is 543 g/mol. The average Bonchev–Trinajstić information content (AvgIpc) is 2.97. The summed E-state index contributed by atoms with van der Waals surface area (Å²) >= 11 is 6.54. The van der Waals surface area contributed by atoms with Crippen molar-refractivity contribution in [3.8, 4) is 40.2 Å². The van der Waals surface area contributed by atoms with Crippen LogP contribution in [0.2, 0.25) is 5.02 Å². The van der Waals surface area contributed by atoms with Crippen LogP contribution < -0.4 is 24.4 Å². The number of hydrogen-bond donors (Lipinski definition) is 2. The lowest BCUT2D eigenvalue weighted by Crippen LogP contribution is -2.15. The molecule has 2 N–H and O–H groups in total. The van der Waals surface area contributed by atoms with E-state index in [9.17, 15) is 10.5 Å². The van der Waals surface area contributed by atoms with E-state index in [1.54, 1.807) is 18.2 Å². The molecule has 0 spiro atoms. The number of benzene rings is 4. The molecule has 0 aliphatic carbocycles. The molecule has 0 fully saturated rings. The zero-order valence-corrected chi connectivity index (χ0v) is 22.1. The highest BCUT2D eigenvalue weighted by Crippen LogP contribution is 2.37. The Morgan fingerprint density at radius 1 is 0.872 bits per heavy atom. The molecule has 0 unspecified atom stereocenters. The van der Waals surface area contributed by atoms with Crippen LogP contribution in [0.25, 0.3) is 11.1 Å². The summed E-state index contributed by atoms with van der Waals surface area (Å²) in [5, 5.41) is 19.1. The maximum Gasteiger partial charge on any atom is 0.161 e. The first-order valence-corrected chi connectivity index (χ1v) is 12.9. The van der Waals surface area contributed by atoms with Crippen LogP contribution in [0, 0.1) is 18.3 Å². The first-order chi connectivity index (χ1) is 19.1. The Bertz CT molecular complexity index is 1530. The van der Waals surface area contributed by atoms with Crippen molar-refractivity contribution >= 4 is 11.6 Å².